The second kappa shape index (κ2) is 832. The highest BCUT2D eigenvalue weighted by molar-refractivity contribution is 15.0. The highest BCUT2D eigenvalue weighted by atomic mass is 128. The van der Waals surface area contributed by atoms with Crippen molar-refractivity contribution in [2.24, 2.45) is 0 Å². The number of halogens is 2. The van der Waals surface area contributed by atoms with Gasteiger partial charge in [-0.3, -0.25) is 21.0 Å². The van der Waals surface area contributed by atoms with Gasteiger partial charge in [-0.25, -0.2) is 0 Å². The van der Waals surface area contributed by atoms with E-state index in [0.717, 1.165) is 6.29 Å². The molecule has 0 aliphatic rings. The summed E-state index contributed by atoms with van der Waals surface area (Å²) in [7, 11) is 0. The van der Waals surface area contributed by atoms with Crippen LogP contribution in [0.3, 0.4) is 0 Å². The average Bonchev–Trinajstić information content (AvgIpc) is 2.16. The molecule has 0 saturated heterocycles. The molecule has 0 spiro atoms. The molecule has 0 bridgehead atoms. The van der Waals surface area contributed by atoms with Crippen LogP contribution in [0.25, 0.3) is 0 Å². The van der Waals surface area contributed by atoms with E-state index in [9.17, 15) is 0 Å². The first kappa shape index (κ1) is 132. The molecule has 0 radical (unpaired) electrons. The quantitative estimate of drug-likeness (QED) is 0.0969. The van der Waals surface area contributed by atoms with E-state index >= 15 is 0 Å². The number of carbonyl (C=O) groups is 1. The Kier molecular flexibility index (Phi) is 5500. The molecule has 144 valence electrons. The maximum absolute atomic E-state index is 8.81. The zero-order valence-corrected chi connectivity index (χ0v) is 11.0. The first-order chi connectivity index (χ1) is 5.83. The fourth-order valence-electron chi connectivity index (χ4n) is 0. The molecule has 0 aliphatic heterocycles. The van der Waals surface area contributed by atoms with Gasteiger partial charge in [0.1, 0.15) is 6.29 Å². The standard InChI is InChI=1S/C2H6O.C2H4O.8CH4.I2.2H2O2/c2*1-2-3;;;;;;;;;3*1-2/h3H,2H2,1H3;2H,1H3;8*1H4;;2*1-2H. The molecule has 6 nitrogen and oxygen atoms in total. The lowest BCUT2D eigenvalue weighted by Gasteiger charge is -1.52. The monoisotopic (exact) mass is 540 g/mol. The molecule has 8 heteroatoms. The van der Waals surface area contributed by atoms with Gasteiger partial charge in [0.15, 0.2) is 0 Å². The summed E-state index contributed by atoms with van der Waals surface area (Å²) < 4.78 is 0. The third-order valence-corrected chi connectivity index (χ3v) is 0. The smallest absolute Gasteiger partial charge is 0.116 e. The van der Waals surface area contributed by atoms with Gasteiger partial charge in [-0.1, -0.05) is 59.4 Å². The van der Waals surface area contributed by atoms with Crippen molar-refractivity contribution < 1.29 is 30.9 Å². The van der Waals surface area contributed by atoms with Gasteiger partial charge in [0.05, 0.1) is 0 Å². The molecule has 0 atom stereocenters. The topological polar surface area (TPSA) is 118 Å². The lowest BCUT2D eigenvalue weighted by molar-refractivity contribution is -0.176. The van der Waals surface area contributed by atoms with Gasteiger partial charge in [-0.15, -0.1) is 0 Å². The molecule has 0 aromatic rings. The minimum Gasteiger partial charge on any atom is -0.397 e. The van der Waals surface area contributed by atoms with Gasteiger partial charge in [0.25, 0.3) is 0 Å². The highest BCUT2D eigenvalue weighted by Gasteiger charge is 1.34. The fourth-order valence-corrected chi connectivity index (χ4v) is 0. The zero-order valence-electron chi connectivity index (χ0n) is 6.68. The van der Waals surface area contributed by atoms with Crippen molar-refractivity contribution in [3.8, 4) is 0 Å². The van der Waals surface area contributed by atoms with Gasteiger partial charge in [-0.2, -0.15) is 0 Å². The Morgan fingerprint density at radius 2 is 0.750 bits per heavy atom. The first-order valence-corrected chi connectivity index (χ1v) is 8.66. The van der Waals surface area contributed by atoms with Crippen LogP contribution in [0.2, 0.25) is 0 Å². The Balaban J connectivity index is -0.00000000256. The van der Waals surface area contributed by atoms with Crippen molar-refractivity contribution in [1.29, 1.82) is 0 Å². The molecule has 0 aromatic carbocycles. The molecular formula is C12H46I2O6. The largest absolute Gasteiger partial charge is 0.397 e. The van der Waals surface area contributed by atoms with Gasteiger partial charge < -0.3 is 9.90 Å². The molecule has 0 aliphatic carbocycles. The van der Waals surface area contributed by atoms with Gasteiger partial charge in [-0.05, 0) is 13.8 Å². The minimum absolute atomic E-state index is 0. The van der Waals surface area contributed by atoms with Crippen LogP contribution in [0.15, 0.2) is 0 Å². The van der Waals surface area contributed by atoms with E-state index in [2.05, 4.69) is 37.2 Å². The second-order valence-corrected chi connectivity index (χ2v) is 0.552. The predicted octanol–water partition coefficient (Wildman–Crippen LogP) is 7.10. The lowest BCUT2D eigenvalue weighted by Crippen LogP contribution is -1.57. The predicted molar refractivity (Wildman–Crippen MR) is 117 cm³/mol. The fraction of sp³-hybridized carbons (Fsp3) is 0.917. The van der Waals surface area contributed by atoms with Gasteiger partial charge >= 0.3 is 0 Å². The number of hydrogen-bond donors (Lipinski definition) is 5. The lowest BCUT2D eigenvalue weighted by atomic mass is 10.9. The van der Waals surface area contributed by atoms with Gasteiger partial charge in [0.2, 0.25) is 0 Å². The van der Waals surface area contributed by atoms with Crippen LogP contribution >= 0.6 is 37.2 Å². The summed E-state index contributed by atoms with van der Waals surface area (Å²) in [5.74, 6) is 0. The number of aliphatic hydroxyl groups is 1. The Bertz CT molecular complexity index is 39.9. The highest BCUT2D eigenvalue weighted by Crippen LogP contribution is 1.89. The van der Waals surface area contributed by atoms with Crippen molar-refractivity contribution in [1.82, 2.24) is 0 Å². The summed E-state index contributed by atoms with van der Waals surface area (Å²) >= 11 is 4.24. The van der Waals surface area contributed by atoms with E-state index in [4.69, 9.17) is 30.9 Å². The Hall–Kier alpha value is 0.930. The third kappa shape index (κ3) is 7040. The van der Waals surface area contributed by atoms with Crippen molar-refractivity contribution in [2.75, 3.05) is 6.61 Å². The van der Waals surface area contributed by atoms with Crippen LogP contribution in [0.4, 0.5) is 0 Å². The maximum Gasteiger partial charge on any atom is 0.116 e. The molecule has 0 amide bonds. The number of hydrogen-bond acceptors (Lipinski definition) is 6. The van der Waals surface area contributed by atoms with Crippen molar-refractivity contribution in [2.45, 2.75) is 73.3 Å². The SMILES string of the molecule is C.C.C.C.C.C.C.C.CC=O.CCO.II.OO.OO. The molecule has 0 saturated carbocycles. The van der Waals surface area contributed by atoms with Crippen LogP contribution in [0, 0.1) is 0 Å². The maximum atomic E-state index is 8.81. The molecule has 5 N–H and O–H groups in total. The van der Waals surface area contributed by atoms with Crippen LogP contribution in [-0.4, -0.2) is 39.0 Å². The average molecular weight is 540 g/mol. The van der Waals surface area contributed by atoms with E-state index in [-0.39, 0.29) is 66.0 Å². The van der Waals surface area contributed by atoms with E-state index in [1.54, 1.807) is 6.92 Å². The van der Waals surface area contributed by atoms with Crippen molar-refractivity contribution in [3.63, 3.8) is 0 Å². The Labute approximate surface area is 153 Å². The van der Waals surface area contributed by atoms with E-state index in [0.29, 0.717) is 0 Å². The third-order valence-electron chi connectivity index (χ3n) is 0. The second-order valence-electron chi connectivity index (χ2n) is 0.552. The van der Waals surface area contributed by atoms with E-state index < -0.39 is 0 Å². The number of carbonyl (C=O) groups excluding carboxylic acids is 1. The Morgan fingerprint density at radius 3 is 0.750 bits per heavy atom. The van der Waals surface area contributed by atoms with E-state index in [1.807, 2.05) is 0 Å². The summed E-state index contributed by atoms with van der Waals surface area (Å²) in [5.41, 5.74) is 0. The number of aliphatic hydroxyl groups excluding tert-OH is 1. The number of rotatable bonds is 0. The summed E-state index contributed by atoms with van der Waals surface area (Å²) in [6.45, 7) is 3.38. The molecule has 0 unspecified atom stereocenters. The Morgan fingerprint density at radius 1 is 0.750 bits per heavy atom. The van der Waals surface area contributed by atoms with Crippen LogP contribution in [0.5, 0.6) is 0 Å². The summed E-state index contributed by atoms with van der Waals surface area (Å²) in [6.07, 6.45) is 0.750. The van der Waals surface area contributed by atoms with Crippen LogP contribution in [-0.2, 0) is 4.79 Å². The zero-order chi connectivity index (χ0) is 11.4. The van der Waals surface area contributed by atoms with Crippen molar-refractivity contribution in [3.05, 3.63) is 0 Å². The molecule has 0 aromatic heterocycles. The van der Waals surface area contributed by atoms with E-state index in [1.165, 1.54) is 6.92 Å². The normalized spacial score (nSPS) is 2.45. The molecular weight excluding hydrogens is 494 g/mol. The number of aldehydes is 1. The first-order valence-electron chi connectivity index (χ1n) is 2.38. The van der Waals surface area contributed by atoms with Gasteiger partial charge in [0, 0.05) is 43.8 Å². The summed E-state index contributed by atoms with van der Waals surface area (Å²) in [5, 5.41) is 31.6. The molecule has 0 heterocycles. The molecule has 0 rings (SSSR count). The molecule has 0 fully saturated rings. The summed E-state index contributed by atoms with van der Waals surface area (Å²) in [4.78, 5) is 8.81. The summed E-state index contributed by atoms with van der Waals surface area (Å²) in [6, 6.07) is 0. The minimum atomic E-state index is 0. The van der Waals surface area contributed by atoms with Crippen LogP contribution in [0.1, 0.15) is 73.3 Å². The van der Waals surface area contributed by atoms with Crippen LogP contribution < -0.4 is 0 Å². The molecule has 20 heavy (non-hydrogen) atoms. The van der Waals surface area contributed by atoms with Crippen molar-refractivity contribution >= 4 is 43.5 Å².